The predicted molar refractivity (Wildman–Crippen MR) is 95.6 cm³/mol. The van der Waals surface area contributed by atoms with E-state index < -0.39 is 15.8 Å². The number of carbonyl (C=O) groups excluding carboxylic acids is 1. The minimum Gasteiger partial charge on any atom is -0.325 e. The first-order valence-corrected chi connectivity index (χ1v) is 9.28. The molecular weight excluding hydrogens is 345 g/mol. The van der Waals surface area contributed by atoms with Crippen LogP contribution in [-0.4, -0.2) is 32.4 Å². The second-order valence-electron chi connectivity index (χ2n) is 5.24. The highest BCUT2D eigenvalue weighted by Crippen LogP contribution is 2.19. The Labute approximate surface area is 146 Å². The largest absolute Gasteiger partial charge is 0.325 e. The first-order chi connectivity index (χ1) is 11.9. The van der Waals surface area contributed by atoms with Crippen LogP contribution in [0.2, 0.25) is 0 Å². The van der Waals surface area contributed by atoms with Gasteiger partial charge in [0.25, 0.3) is 10.0 Å². The van der Waals surface area contributed by atoms with Gasteiger partial charge in [-0.3, -0.25) is 4.72 Å². The number of nitrogens with one attached hydrogen (secondary N) is 2. The molecule has 0 aliphatic rings. The van der Waals surface area contributed by atoms with Crippen molar-refractivity contribution < 1.29 is 17.6 Å². The first-order valence-electron chi connectivity index (χ1n) is 7.80. The number of hydrogen-bond acceptors (Lipinski definition) is 3. The molecule has 0 bridgehead atoms. The summed E-state index contributed by atoms with van der Waals surface area (Å²) in [6.45, 7) is 4.90. The maximum Gasteiger partial charge on any atom is 0.321 e. The number of urea groups is 1. The summed E-state index contributed by atoms with van der Waals surface area (Å²) in [5.74, 6) is -0.533. The van der Waals surface area contributed by atoms with Crippen molar-refractivity contribution in [2.45, 2.75) is 18.7 Å². The molecule has 0 atom stereocenters. The first kappa shape index (κ1) is 18.7. The van der Waals surface area contributed by atoms with E-state index in [1.807, 2.05) is 13.8 Å². The zero-order valence-electron chi connectivity index (χ0n) is 14.0. The molecule has 2 rings (SSSR count). The van der Waals surface area contributed by atoms with E-state index >= 15 is 0 Å². The lowest BCUT2D eigenvalue weighted by Gasteiger charge is -2.19. The fourth-order valence-electron chi connectivity index (χ4n) is 2.20. The van der Waals surface area contributed by atoms with Gasteiger partial charge in [0, 0.05) is 18.8 Å². The van der Waals surface area contributed by atoms with Crippen LogP contribution in [0.15, 0.2) is 53.4 Å². The Hall–Kier alpha value is -2.61. The van der Waals surface area contributed by atoms with Crippen LogP contribution < -0.4 is 10.0 Å². The average molecular weight is 365 g/mol. The lowest BCUT2D eigenvalue weighted by Crippen LogP contribution is -2.34. The van der Waals surface area contributed by atoms with Crippen LogP contribution in [0.1, 0.15) is 13.8 Å². The number of carbonyl (C=O) groups is 1. The molecule has 2 aromatic rings. The maximum atomic E-state index is 13.2. The molecule has 0 saturated heterocycles. The van der Waals surface area contributed by atoms with Gasteiger partial charge in [0.2, 0.25) is 0 Å². The van der Waals surface area contributed by atoms with Gasteiger partial charge in [-0.05, 0) is 56.3 Å². The summed E-state index contributed by atoms with van der Waals surface area (Å²) in [5, 5.41) is 2.70. The van der Waals surface area contributed by atoms with Gasteiger partial charge >= 0.3 is 6.03 Å². The van der Waals surface area contributed by atoms with Crippen LogP contribution in [0.25, 0.3) is 0 Å². The second-order valence-corrected chi connectivity index (χ2v) is 6.93. The van der Waals surface area contributed by atoms with Gasteiger partial charge in [0.05, 0.1) is 10.6 Å². The summed E-state index contributed by atoms with van der Waals surface area (Å²) in [6.07, 6.45) is 0. The van der Waals surface area contributed by atoms with Crippen molar-refractivity contribution in [1.82, 2.24) is 4.90 Å². The number of halogens is 1. The van der Waals surface area contributed by atoms with E-state index in [0.29, 0.717) is 18.8 Å². The van der Waals surface area contributed by atoms with E-state index in [4.69, 9.17) is 0 Å². The topological polar surface area (TPSA) is 78.5 Å². The van der Waals surface area contributed by atoms with Crippen molar-refractivity contribution in [1.29, 1.82) is 0 Å². The van der Waals surface area contributed by atoms with Crippen LogP contribution in [0.4, 0.5) is 20.6 Å². The molecule has 0 saturated carbocycles. The Balaban J connectivity index is 2.11. The third-order valence-corrected chi connectivity index (χ3v) is 4.94. The van der Waals surface area contributed by atoms with Gasteiger partial charge in [0.1, 0.15) is 5.82 Å². The molecular formula is C17H20FN3O3S. The number of sulfonamides is 1. The monoisotopic (exact) mass is 365 g/mol. The molecule has 25 heavy (non-hydrogen) atoms. The van der Waals surface area contributed by atoms with Crippen molar-refractivity contribution in [3.05, 3.63) is 54.3 Å². The molecule has 2 N–H and O–H groups in total. The smallest absolute Gasteiger partial charge is 0.321 e. The van der Waals surface area contributed by atoms with E-state index in [-0.39, 0.29) is 16.6 Å². The van der Waals surface area contributed by atoms with Gasteiger partial charge in [-0.1, -0.05) is 6.07 Å². The van der Waals surface area contributed by atoms with Crippen LogP contribution in [0, 0.1) is 5.82 Å². The Kier molecular flexibility index (Phi) is 5.97. The number of nitrogens with zero attached hydrogens (tertiary/aromatic N) is 1. The molecule has 2 aromatic carbocycles. The third kappa shape index (κ3) is 4.93. The quantitative estimate of drug-likeness (QED) is 0.822. The van der Waals surface area contributed by atoms with Crippen molar-refractivity contribution in [2.24, 2.45) is 0 Å². The van der Waals surface area contributed by atoms with E-state index in [9.17, 15) is 17.6 Å². The molecule has 2 amide bonds. The number of hydrogen-bond donors (Lipinski definition) is 2. The summed E-state index contributed by atoms with van der Waals surface area (Å²) >= 11 is 0. The molecule has 0 fully saturated rings. The minimum absolute atomic E-state index is 0.0117. The summed E-state index contributed by atoms with van der Waals surface area (Å²) in [4.78, 5) is 13.6. The summed E-state index contributed by atoms with van der Waals surface area (Å²) in [7, 11) is -3.84. The molecule has 0 aliphatic heterocycles. The zero-order chi connectivity index (χ0) is 18.4. The van der Waals surface area contributed by atoms with Crippen LogP contribution in [-0.2, 0) is 10.0 Å². The molecule has 0 unspecified atom stereocenters. The molecule has 0 aliphatic carbocycles. The van der Waals surface area contributed by atoms with Gasteiger partial charge in [-0.25, -0.2) is 17.6 Å². The number of rotatable bonds is 6. The highest BCUT2D eigenvalue weighted by atomic mass is 32.2. The fraction of sp³-hybridized carbons (Fsp3) is 0.235. The normalized spacial score (nSPS) is 11.0. The average Bonchev–Trinajstić information content (AvgIpc) is 2.56. The Bertz CT molecular complexity index is 834. The molecule has 0 aromatic heterocycles. The minimum atomic E-state index is -3.84. The summed E-state index contributed by atoms with van der Waals surface area (Å²) < 4.78 is 40.1. The van der Waals surface area contributed by atoms with E-state index in [2.05, 4.69) is 10.0 Å². The highest BCUT2D eigenvalue weighted by Gasteiger charge is 2.15. The number of anilines is 2. The second kappa shape index (κ2) is 7.98. The Morgan fingerprint density at radius 2 is 1.68 bits per heavy atom. The van der Waals surface area contributed by atoms with E-state index in [1.54, 1.807) is 4.90 Å². The lowest BCUT2D eigenvalue weighted by molar-refractivity contribution is 0.217. The highest BCUT2D eigenvalue weighted by molar-refractivity contribution is 7.92. The number of amides is 2. The molecule has 0 radical (unpaired) electrons. The van der Waals surface area contributed by atoms with Crippen LogP contribution >= 0.6 is 0 Å². The van der Waals surface area contributed by atoms with Crippen LogP contribution in [0.5, 0.6) is 0 Å². The molecule has 0 spiro atoms. The Morgan fingerprint density at radius 3 is 2.24 bits per heavy atom. The summed E-state index contributed by atoms with van der Waals surface area (Å²) in [5.41, 5.74) is 0.625. The van der Waals surface area contributed by atoms with Crippen molar-refractivity contribution >= 4 is 27.4 Å². The van der Waals surface area contributed by atoms with E-state index in [1.165, 1.54) is 42.5 Å². The molecule has 0 heterocycles. The maximum absolute atomic E-state index is 13.2. The SMILES string of the molecule is CCN(CC)C(=O)Nc1ccc(S(=O)(=O)Nc2cccc(F)c2)cc1. The molecule has 8 heteroatoms. The molecule has 134 valence electrons. The zero-order valence-corrected chi connectivity index (χ0v) is 14.8. The third-order valence-electron chi connectivity index (χ3n) is 3.54. The molecule has 6 nitrogen and oxygen atoms in total. The van der Waals surface area contributed by atoms with Crippen LogP contribution in [0.3, 0.4) is 0 Å². The number of benzene rings is 2. The van der Waals surface area contributed by atoms with Crippen molar-refractivity contribution in [3.63, 3.8) is 0 Å². The van der Waals surface area contributed by atoms with E-state index in [0.717, 1.165) is 6.07 Å². The van der Waals surface area contributed by atoms with Gasteiger partial charge in [0.15, 0.2) is 0 Å². The standard InChI is InChI=1S/C17H20FN3O3S/c1-3-21(4-2)17(22)19-14-8-10-16(11-9-14)25(23,24)20-15-7-5-6-13(18)12-15/h5-12,20H,3-4H2,1-2H3,(H,19,22). The Morgan fingerprint density at radius 1 is 1.04 bits per heavy atom. The fourth-order valence-corrected chi connectivity index (χ4v) is 3.25. The summed E-state index contributed by atoms with van der Waals surface area (Å²) in [6, 6.07) is 10.7. The van der Waals surface area contributed by atoms with Gasteiger partial charge in [-0.15, -0.1) is 0 Å². The van der Waals surface area contributed by atoms with Gasteiger partial charge in [-0.2, -0.15) is 0 Å². The van der Waals surface area contributed by atoms with Gasteiger partial charge < -0.3 is 10.2 Å². The predicted octanol–water partition coefficient (Wildman–Crippen LogP) is 3.50. The van der Waals surface area contributed by atoms with Crippen molar-refractivity contribution in [2.75, 3.05) is 23.1 Å². The van der Waals surface area contributed by atoms with Crippen molar-refractivity contribution in [3.8, 4) is 0 Å². The lowest BCUT2D eigenvalue weighted by atomic mass is 10.3.